The Morgan fingerprint density at radius 1 is 1.22 bits per heavy atom. The van der Waals surface area contributed by atoms with E-state index in [4.69, 9.17) is 33.1 Å². The number of aromatic nitrogens is 4. The first-order valence-corrected chi connectivity index (χ1v) is 12.1. The Kier molecular flexibility index (Phi) is 8.63. The van der Waals surface area contributed by atoms with Crippen LogP contribution in [0.5, 0.6) is 5.75 Å². The number of nitrogens with one attached hydrogen (secondary N) is 1. The number of imidazole rings is 1. The average Bonchev–Trinajstić information content (AvgIpc) is 3.45. The number of nitrogen functional groups attached to an aromatic ring is 1. The van der Waals surface area contributed by atoms with E-state index in [9.17, 15) is 19.1 Å². The van der Waals surface area contributed by atoms with E-state index in [-0.39, 0.29) is 54.9 Å². The van der Waals surface area contributed by atoms with Gasteiger partial charge in [0.15, 0.2) is 42.6 Å². The van der Waals surface area contributed by atoms with Crippen LogP contribution < -0.4 is 21.9 Å². The van der Waals surface area contributed by atoms with Crippen LogP contribution in [0.15, 0.2) is 42.9 Å². The molecule has 14 nitrogen and oxygen atoms in total. The molecule has 0 saturated heterocycles. The van der Waals surface area contributed by atoms with E-state index in [1.54, 1.807) is 10.6 Å². The number of methoxy groups -OCH3 is 1. The van der Waals surface area contributed by atoms with Crippen molar-refractivity contribution in [3.63, 3.8) is 0 Å². The van der Waals surface area contributed by atoms with Crippen molar-refractivity contribution < 1.29 is 36.9 Å². The van der Waals surface area contributed by atoms with E-state index in [2.05, 4.69) is 15.0 Å². The van der Waals surface area contributed by atoms with Crippen LogP contribution in [0, 0.1) is 5.82 Å². The van der Waals surface area contributed by atoms with E-state index >= 15 is 0 Å². The number of aliphatic hydroxyl groups excluding tert-OH is 1. The molecule has 0 aliphatic rings. The number of hydrogen-bond acceptors (Lipinski definition) is 12. The third-order valence-electron chi connectivity index (χ3n) is 4.97. The summed E-state index contributed by atoms with van der Waals surface area (Å²) in [5, 5.41) is 9.30. The molecule has 3 heterocycles. The number of ether oxygens (including phenoxy) is 2. The van der Waals surface area contributed by atoms with Crippen molar-refractivity contribution >= 4 is 25.5 Å². The minimum Gasteiger partial charge on any atom is -0.494 e. The van der Waals surface area contributed by atoms with Crippen LogP contribution in [0.2, 0.25) is 0 Å². The first-order valence-electron chi connectivity index (χ1n) is 10.7. The van der Waals surface area contributed by atoms with Crippen LogP contribution >= 0.6 is 8.38 Å². The number of halogens is 1. The predicted molar refractivity (Wildman–Crippen MR) is 126 cm³/mol. The average molecular weight is 539 g/mol. The second-order valence-electron chi connectivity index (χ2n) is 7.41. The summed E-state index contributed by atoms with van der Waals surface area (Å²) in [6.45, 7) is -0.317. The summed E-state index contributed by atoms with van der Waals surface area (Å²) in [4.78, 5) is 33.8. The van der Waals surface area contributed by atoms with Gasteiger partial charge in [-0.25, -0.2) is 14.2 Å². The largest absolute Gasteiger partial charge is 0.519 e. The van der Waals surface area contributed by atoms with Crippen molar-refractivity contribution in [2.24, 2.45) is 0 Å². The normalized spacial score (nSPS) is 12.3. The van der Waals surface area contributed by atoms with Gasteiger partial charge in [0, 0.05) is 6.54 Å². The molecule has 4 rings (SSSR count). The summed E-state index contributed by atoms with van der Waals surface area (Å²) in [7, 11) is -0.363. The van der Waals surface area contributed by atoms with Gasteiger partial charge in [-0.15, -0.1) is 0 Å². The van der Waals surface area contributed by atoms with Crippen molar-refractivity contribution in [1.82, 2.24) is 19.5 Å². The Morgan fingerprint density at radius 2 is 2.00 bits per heavy atom. The maximum absolute atomic E-state index is 14.0. The van der Waals surface area contributed by atoms with Crippen molar-refractivity contribution in [2.45, 2.75) is 26.4 Å². The molecule has 0 bridgehead atoms. The molecule has 16 heteroatoms. The summed E-state index contributed by atoms with van der Waals surface area (Å²) >= 11 is 0. The van der Waals surface area contributed by atoms with Gasteiger partial charge >= 0.3 is 5.82 Å². The maximum atomic E-state index is 14.0. The Labute approximate surface area is 208 Å². The van der Waals surface area contributed by atoms with Crippen LogP contribution in [0.1, 0.15) is 17.1 Å². The third-order valence-corrected chi connectivity index (χ3v) is 6.19. The number of H-pyrrole nitrogens is 1. The molecule has 0 aliphatic heterocycles. The summed E-state index contributed by atoms with van der Waals surface area (Å²) in [6, 6.07) is 4.39. The van der Waals surface area contributed by atoms with Crippen LogP contribution in [-0.2, 0) is 40.1 Å². The van der Waals surface area contributed by atoms with E-state index < -0.39 is 32.2 Å². The van der Waals surface area contributed by atoms with E-state index in [0.717, 1.165) is 0 Å². The lowest BCUT2D eigenvalue weighted by Crippen LogP contribution is -2.13. The molecular formula is C21H23FN5O9P. The number of rotatable bonds is 13. The molecule has 4 aromatic rings. The van der Waals surface area contributed by atoms with Gasteiger partial charge in [-0.3, -0.25) is 9.78 Å². The zero-order valence-electron chi connectivity index (χ0n) is 19.5. The highest BCUT2D eigenvalue weighted by Crippen LogP contribution is 2.40. The Morgan fingerprint density at radius 3 is 2.76 bits per heavy atom. The number of aliphatic hydroxyl groups is 1. The van der Waals surface area contributed by atoms with Gasteiger partial charge in [0.25, 0.3) is 5.56 Å². The number of benzene rings is 1. The molecule has 1 atom stereocenters. The minimum absolute atomic E-state index is 0.00367. The number of nitrogens with zero attached hydrogens (tertiary/aromatic N) is 3. The first kappa shape index (κ1) is 26.4. The monoisotopic (exact) mass is 539 g/mol. The van der Waals surface area contributed by atoms with Crippen molar-refractivity contribution in [2.75, 3.05) is 25.8 Å². The fourth-order valence-electron chi connectivity index (χ4n) is 3.19. The number of aromatic amines is 1. The minimum atomic E-state index is -1.73. The molecule has 4 N–H and O–H groups in total. The predicted octanol–water partition coefficient (Wildman–Crippen LogP) is 1.61. The molecule has 0 radical (unpaired) electrons. The number of hydrogen-bond donors (Lipinski definition) is 3. The molecule has 0 aliphatic carbocycles. The number of anilines is 1. The molecule has 0 fully saturated rings. The lowest BCUT2D eigenvalue weighted by atomic mass is 10.2. The maximum Gasteiger partial charge on any atom is 0.519 e. The quantitative estimate of drug-likeness (QED) is 0.165. The summed E-state index contributed by atoms with van der Waals surface area (Å²) in [6.07, 6.45) is 1.44. The van der Waals surface area contributed by atoms with E-state index in [1.807, 2.05) is 0 Å². The Hall–Kier alpha value is -3.62. The van der Waals surface area contributed by atoms with Gasteiger partial charge in [0.05, 0.1) is 26.7 Å². The van der Waals surface area contributed by atoms with Crippen molar-refractivity contribution in [3.8, 4) is 5.75 Å². The van der Waals surface area contributed by atoms with Gasteiger partial charge in [0.2, 0.25) is 5.95 Å². The second kappa shape index (κ2) is 12.1. The fraction of sp³-hybridized carbons (Fsp3) is 0.333. The SMILES string of the molecule is COc1ccc(COP(COCCn2cnc3c(=O)[nH]c(N)nc32)OCc2oc(=O)oc2CO)cc1F. The highest BCUT2D eigenvalue weighted by molar-refractivity contribution is 7.46. The highest BCUT2D eigenvalue weighted by atomic mass is 31.2. The van der Waals surface area contributed by atoms with E-state index in [1.165, 1.54) is 25.6 Å². The standard InChI is InChI=1S/C21H23FN5O9P/c1-31-14-3-2-12(6-13(14)22)8-33-37(34-9-16-15(7-28)35-21(30)36-16)11-32-5-4-27-10-24-17-18(27)25-20(23)26-19(17)29/h2-3,6,10,28H,4-5,7-9,11H2,1H3,(H3,23,25,26,29). The molecule has 198 valence electrons. The van der Waals surface area contributed by atoms with Gasteiger partial charge < -0.3 is 42.8 Å². The molecule has 1 unspecified atom stereocenters. The molecule has 0 spiro atoms. The third kappa shape index (κ3) is 6.58. The lowest BCUT2D eigenvalue weighted by molar-refractivity contribution is 0.135. The first-order chi connectivity index (χ1) is 17.9. The Balaban J connectivity index is 1.38. The molecule has 1 aromatic carbocycles. The molecule has 3 aromatic heterocycles. The molecule has 0 saturated carbocycles. The van der Waals surface area contributed by atoms with Gasteiger partial charge in [-0.2, -0.15) is 4.98 Å². The van der Waals surface area contributed by atoms with Gasteiger partial charge in [-0.05, 0) is 17.7 Å². The number of fused-ring (bicyclic) bond motifs is 1. The van der Waals surface area contributed by atoms with Crippen LogP contribution in [0.4, 0.5) is 10.3 Å². The number of nitrogens with two attached hydrogens (primary N) is 1. The van der Waals surface area contributed by atoms with Gasteiger partial charge in [0.1, 0.15) is 19.6 Å². The van der Waals surface area contributed by atoms with Crippen LogP contribution in [-0.4, -0.2) is 44.7 Å². The second-order valence-corrected chi connectivity index (χ2v) is 8.85. The molecular weight excluding hydrogens is 516 g/mol. The lowest BCUT2D eigenvalue weighted by Gasteiger charge is -2.17. The Bertz CT molecular complexity index is 1470. The van der Waals surface area contributed by atoms with Crippen molar-refractivity contribution in [3.05, 3.63) is 68.4 Å². The highest BCUT2D eigenvalue weighted by Gasteiger charge is 2.18. The molecule has 0 amide bonds. The van der Waals surface area contributed by atoms with Crippen molar-refractivity contribution in [1.29, 1.82) is 0 Å². The summed E-state index contributed by atoms with van der Waals surface area (Å²) < 4.78 is 47.4. The van der Waals surface area contributed by atoms with Crippen LogP contribution in [0.25, 0.3) is 11.2 Å². The fourth-order valence-corrected chi connectivity index (χ4v) is 4.25. The zero-order chi connectivity index (χ0) is 26.4. The molecule has 37 heavy (non-hydrogen) atoms. The van der Waals surface area contributed by atoms with E-state index in [0.29, 0.717) is 17.8 Å². The van der Waals surface area contributed by atoms with Crippen LogP contribution in [0.3, 0.4) is 0 Å². The summed E-state index contributed by atoms with van der Waals surface area (Å²) in [5.74, 6) is -1.50. The topological polar surface area (TPSA) is 190 Å². The zero-order valence-corrected chi connectivity index (χ0v) is 20.4. The van der Waals surface area contributed by atoms with Gasteiger partial charge in [-0.1, -0.05) is 6.07 Å². The summed E-state index contributed by atoms with van der Waals surface area (Å²) in [5.41, 5.74) is 6.15. The smallest absolute Gasteiger partial charge is 0.494 e.